The van der Waals surface area contributed by atoms with Crippen LogP contribution >= 0.6 is 23.4 Å². The van der Waals surface area contributed by atoms with Crippen LogP contribution in [0.3, 0.4) is 0 Å². The average Bonchev–Trinajstić information content (AvgIpc) is 3.45. The molecular weight excluding hydrogens is 497 g/mol. The highest BCUT2D eigenvalue weighted by atomic mass is 35.5. The molecule has 3 heterocycles. The van der Waals surface area contributed by atoms with Gasteiger partial charge >= 0.3 is 0 Å². The summed E-state index contributed by atoms with van der Waals surface area (Å²) in [6.45, 7) is 0.332. The van der Waals surface area contributed by atoms with E-state index in [1.807, 2.05) is 53.2 Å². The fraction of sp³-hybridized carbons (Fsp3) is 0.0370. The molecule has 6 nitrogen and oxygen atoms in total. The third-order valence-electron chi connectivity index (χ3n) is 5.98. The number of hydrazone groups is 1. The second-order valence-electron chi connectivity index (χ2n) is 8.23. The van der Waals surface area contributed by atoms with E-state index in [1.54, 1.807) is 30.3 Å². The Kier molecular flexibility index (Phi) is 5.55. The van der Waals surface area contributed by atoms with Crippen LogP contribution in [0.15, 0.2) is 94.7 Å². The first-order chi connectivity index (χ1) is 17.5. The minimum atomic E-state index is -0.514. The number of aromatic nitrogens is 1. The number of hydrogen-bond acceptors (Lipinski definition) is 4. The molecule has 0 saturated heterocycles. The van der Waals surface area contributed by atoms with Crippen molar-refractivity contribution in [2.24, 2.45) is 10.1 Å². The van der Waals surface area contributed by atoms with Gasteiger partial charge in [0, 0.05) is 33.8 Å². The van der Waals surface area contributed by atoms with Crippen molar-refractivity contribution in [1.82, 2.24) is 9.58 Å². The summed E-state index contributed by atoms with van der Waals surface area (Å²) in [5.74, 6) is -0.856. The average molecular weight is 514 g/mol. The number of rotatable bonds is 4. The first kappa shape index (κ1) is 22.5. The summed E-state index contributed by atoms with van der Waals surface area (Å²) >= 11 is 7.52. The molecule has 0 atom stereocenters. The standard InChI is InChI=1S/C27H17ClFN5OS/c28-21-10-4-2-9-19(21)26-32-34-24(30)20(25(35)31-27(34)36-26)13-17-15-33(23-12-6-3-8-18(17)23)14-16-7-1-5-11-22(16)29/h1-13,15,30H,14H2/b20-13-,30-24?. The van der Waals surface area contributed by atoms with Crippen LogP contribution in [0, 0.1) is 11.2 Å². The van der Waals surface area contributed by atoms with E-state index in [2.05, 4.69) is 10.1 Å². The normalized spacial score (nSPS) is 16.5. The Balaban J connectivity index is 1.39. The molecule has 3 aromatic carbocycles. The third-order valence-corrected chi connectivity index (χ3v) is 7.25. The van der Waals surface area contributed by atoms with Crippen LogP contribution in [0.5, 0.6) is 0 Å². The number of halogens is 2. The Morgan fingerprint density at radius 1 is 1.03 bits per heavy atom. The second-order valence-corrected chi connectivity index (χ2v) is 9.59. The van der Waals surface area contributed by atoms with E-state index in [1.165, 1.54) is 22.8 Å². The fourth-order valence-electron chi connectivity index (χ4n) is 4.22. The van der Waals surface area contributed by atoms with Gasteiger partial charge in [-0.05, 0) is 36.0 Å². The van der Waals surface area contributed by atoms with E-state index < -0.39 is 5.91 Å². The summed E-state index contributed by atoms with van der Waals surface area (Å²) in [5, 5.41) is 16.9. The third kappa shape index (κ3) is 3.84. The van der Waals surface area contributed by atoms with E-state index in [-0.39, 0.29) is 17.2 Å². The second kappa shape index (κ2) is 8.89. The van der Waals surface area contributed by atoms with Gasteiger partial charge in [0.25, 0.3) is 5.91 Å². The Bertz CT molecular complexity index is 1670. The predicted molar refractivity (Wildman–Crippen MR) is 143 cm³/mol. The van der Waals surface area contributed by atoms with E-state index in [0.29, 0.717) is 32.9 Å². The largest absolute Gasteiger partial charge is 0.342 e. The highest BCUT2D eigenvalue weighted by molar-refractivity contribution is 8.27. The molecule has 0 spiro atoms. The maximum Gasteiger partial charge on any atom is 0.283 e. The molecule has 36 heavy (non-hydrogen) atoms. The zero-order valence-electron chi connectivity index (χ0n) is 18.7. The summed E-state index contributed by atoms with van der Waals surface area (Å²) in [5.41, 5.74) is 3.02. The Labute approximate surface area is 214 Å². The molecular formula is C27H17ClFN5OS. The number of fused-ring (bicyclic) bond motifs is 2. The molecule has 0 unspecified atom stereocenters. The number of carbonyl (C=O) groups is 1. The van der Waals surface area contributed by atoms with Gasteiger partial charge in [-0.25, -0.2) is 4.39 Å². The van der Waals surface area contributed by atoms with E-state index >= 15 is 0 Å². The van der Waals surface area contributed by atoms with Crippen molar-refractivity contribution >= 4 is 62.3 Å². The smallest absolute Gasteiger partial charge is 0.283 e. The number of benzene rings is 3. The van der Waals surface area contributed by atoms with Gasteiger partial charge in [0.1, 0.15) is 10.9 Å². The molecule has 1 amide bonds. The lowest BCUT2D eigenvalue weighted by Crippen LogP contribution is -2.35. The summed E-state index contributed by atoms with van der Waals surface area (Å²) in [7, 11) is 0. The summed E-state index contributed by atoms with van der Waals surface area (Å²) in [4.78, 5) is 17.2. The molecule has 2 aliphatic rings. The van der Waals surface area contributed by atoms with Crippen molar-refractivity contribution in [2.75, 3.05) is 0 Å². The van der Waals surface area contributed by atoms with Crippen LogP contribution in [-0.2, 0) is 11.3 Å². The molecule has 2 aliphatic heterocycles. The SMILES string of the molecule is N=C1/C(=C/c2cn(Cc3ccccc3F)c3ccccc23)C(=O)N=C2SC(c3ccccc3Cl)=NN12. The monoisotopic (exact) mass is 513 g/mol. The lowest BCUT2D eigenvalue weighted by molar-refractivity contribution is -0.114. The maximum atomic E-state index is 14.3. The number of amidine groups is 2. The van der Waals surface area contributed by atoms with Crippen LogP contribution < -0.4 is 0 Å². The van der Waals surface area contributed by atoms with Crippen LogP contribution in [0.25, 0.3) is 17.0 Å². The molecule has 1 aromatic heterocycles. The maximum absolute atomic E-state index is 14.3. The summed E-state index contributed by atoms with van der Waals surface area (Å²) in [6.07, 6.45) is 3.51. The minimum Gasteiger partial charge on any atom is -0.342 e. The van der Waals surface area contributed by atoms with Crippen molar-refractivity contribution in [3.05, 3.63) is 112 Å². The van der Waals surface area contributed by atoms with Crippen LogP contribution in [0.2, 0.25) is 5.02 Å². The van der Waals surface area contributed by atoms with Gasteiger partial charge in [0.2, 0.25) is 5.17 Å². The Hall–Kier alpha value is -4.01. The summed E-state index contributed by atoms with van der Waals surface area (Å²) < 4.78 is 16.3. The molecule has 4 aromatic rings. The molecule has 9 heteroatoms. The topological polar surface area (TPSA) is 73.8 Å². The molecule has 1 N–H and O–H groups in total. The van der Waals surface area contributed by atoms with Gasteiger partial charge in [-0.15, -0.1) is 0 Å². The lowest BCUT2D eigenvalue weighted by atomic mass is 10.1. The van der Waals surface area contributed by atoms with Gasteiger partial charge in [-0.3, -0.25) is 10.2 Å². The van der Waals surface area contributed by atoms with Gasteiger partial charge < -0.3 is 4.57 Å². The molecule has 6 rings (SSSR count). The zero-order chi connectivity index (χ0) is 24.8. The van der Waals surface area contributed by atoms with Crippen molar-refractivity contribution in [1.29, 1.82) is 5.41 Å². The predicted octanol–water partition coefficient (Wildman–Crippen LogP) is 6.15. The van der Waals surface area contributed by atoms with Crippen LogP contribution in [0.4, 0.5) is 4.39 Å². The first-order valence-corrected chi connectivity index (χ1v) is 12.3. The number of para-hydroxylation sites is 1. The highest BCUT2D eigenvalue weighted by Crippen LogP contribution is 2.34. The van der Waals surface area contributed by atoms with E-state index in [9.17, 15) is 9.18 Å². The van der Waals surface area contributed by atoms with Gasteiger partial charge in [0.15, 0.2) is 5.84 Å². The van der Waals surface area contributed by atoms with Crippen molar-refractivity contribution in [3.63, 3.8) is 0 Å². The van der Waals surface area contributed by atoms with Gasteiger partial charge in [0.05, 0.1) is 17.1 Å². The minimum absolute atomic E-state index is 0.0644. The fourth-order valence-corrected chi connectivity index (χ4v) is 5.43. The van der Waals surface area contributed by atoms with Crippen molar-refractivity contribution in [2.45, 2.75) is 6.54 Å². The molecule has 0 radical (unpaired) electrons. The number of hydrogen-bond donors (Lipinski definition) is 1. The van der Waals surface area contributed by atoms with Gasteiger partial charge in [-0.2, -0.15) is 15.1 Å². The Morgan fingerprint density at radius 3 is 2.61 bits per heavy atom. The molecule has 0 saturated carbocycles. The first-order valence-electron chi connectivity index (χ1n) is 11.1. The quantitative estimate of drug-likeness (QED) is 0.333. The number of carbonyl (C=O) groups excluding carboxylic acids is 1. The lowest BCUT2D eigenvalue weighted by Gasteiger charge is -2.20. The van der Waals surface area contributed by atoms with Crippen molar-refractivity contribution in [3.8, 4) is 0 Å². The number of thioether (sulfide) groups is 1. The molecule has 0 fully saturated rings. The molecule has 0 bridgehead atoms. The van der Waals surface area contributed by atoms with E-state index in [0.717, 1.165) is 16.5 Å². The van der Waals surface area contributed by atoms with Crippen LogP contribution in [0.1, 0.15) is 16.7 Å². The number of amides is 1. The highest BCUT2D eigenvalue weighted by Gasteiger charge is 2.36. The number of aliphatic imine (C=N–C) groups is 1. The zero-order valence-corrected chi connectivity index (χ0v) is 20.2. The van der Waals surface area contributed by atoms with Crippen molar-refractivity contribution < 1.29 is 9.18 Å². The van der Waals surface area contributed by atoms with Crippen LogP contribution in [-0.4, -0.2) is 31.5 Å². The molecule has 0 aliphatic carbocycles. The van der Waals surface area contributed by atoms with Gasteiger partial charge in [-0.1, -0.05) is 66.2 Å². The Morgan fingerprint density at radius 2 is 1.78 bits per heavy atom. The number of nitrogens with one attached hydrogen (secondary N) is 1. The molecule has 176 valence electrons. The van der Waals surface area contributed by atoms with E-state index in [4.69, 9.17) is 17.0 Å². The summed E-state index contributed by atoms with van der Waals surface area (Å²) in [6, 6.07) is 21.6. The number of nitrogens with zero attached hydrogens (tertiary/aromatic N) is 4.